The number of rotatable bonds is 3. The Kier molecular flexibility index (Phi) is 4.71. The Hall–Kier alpha value is -0.0800. The molecule has 1 aliphatic carbocycles. The fraction of sp³-hybridized carbons (Fsp3) is 1.00. The van der Waals surface area contributed by atoms with Gasteiger partial charge in [0.25, 0.3) is 0 Å². The topological polar surface area (TPSA) is 15.3 Å². The molecule has 3 unspecified atom stereocenters. The fourth-order valence-electron chi connectivity index (χ4n) is 4.02. The molecule has 2 nitrogen and oxygen atoms in total. The monoisotopic (exact) mass is 252 g/mol. The molecule has 2 aliphatic rings. The van der Waals surface area contributed by atoms with Crippen molar-refractivity contribution in [3.63, 3.8) is 0 Å². The molecule has 3 atom stereocenters. The predicted octanol–water partition coefficient (Wildman–Crippen LogP) is 3.42. The summed E-state index contributed by atoms with van der Waals surface area (Å²) in [5.41, 5.74) is 0.514. The molecule has 0 amide bonds. The van der Waals surface area contributed by atoms with Gasteiger partial charge in [-0.1, -0.05) is 40.0 Å². The molecule has 106 valence electrons. The predicted molar refractivity (Wildman–Crippen MR) is 78.9 cm³/mol. The van der Waals surface area contributed by atoms with E-state index in [1.807, 2.05) is 0 Å². The molecule has 1 saturated heterocycles. The minimum absolute atomic E-state index is 0.514. The third-order valence-electron chi connectivity index (χ3n) is 5.19. The van der Waals surface area contributed by atoms with Crippen molar-refractivity contribution < 1.29 is 0 Å². The van der Waals surface area contributed by atoms with Gasteiger partial charge in [0.15, 0.2) is 0 Å². The Morgan fingerprint density at radius 3 is 2.72 bits per heavy atom. The summed E-state index contributed by atoms with van der Waals surface area (Å²) in [4.78, 5) is 2.83. The highest BCUT2D eigenvalue weighted by Crippen LogP contribution is 2.39. The van der Waals surface area contributed by atoms with Crippen LogP contribution >= 0.6 is 0 Å². The summed E-state index contributed by atoms with van der Waals surface area (Å²) in [6, 6.07) is 2.24. The van der Waals surface area contributed by atoms with Crippen molar-refractivity contribution in [1.29, 1.82) is 0 Å². The molecular weight excluding hydrogens is 220 g/mol. The molecule has 1 aliphatic heterocycles. The quantitative estimate of drug-likeness (QED) is 0.828. The molecule has 1 heterocycles. The molecule has 0 aromatic rings. The van der Waals surface area contributed by atoms with Gasteiger partial charge in [-0.25, -0.2) is 0 Å². The van der Waals surface area contributed by atoms with Gasteiger partial charge in [-0.3, -0.25) is 4.90 Å². The zero-order valence-electron chi connectivity index (χ0n) is 12.8. The van der Waals surface area contributed by atoms with Crippen molar-refractivity contribution >= 4 is 0 Å². The van der Waals surface area contributed by atoms with Gasteiger partial charge in [0.2, 0.25) is 0 Å². The van der Waals surface area contributed by atoms with Crippen LogP contribution in [0.5, 0.6) is 0 Å². The Bertz CT molecular complexity index is 262. The van der Waals surface area contributed by atoms with Crippen molar-refractivity contribution in [2.45, 2.75) is 84.3 Å². The van der Waals surface area contributed by atoms with E-state index in [4.69, 9.17) is 0 Å². The van der Waals surface area contributed by atoms with E-state index >= 15 is 0 Å². The van der Waals surface area contributed by atoms with Crippen molar-refractivity contribution in [2.75, 3.05) is 13.1 Å². The Labute approximate surface area is 114 Å². The SMILES string of the molecule is CCCC1CN(C2CCCCC2(C)C)C(C)CN1. The normalized spacial score (nSPS) is 37.7. The first-order valence-corrected chi connectivity index (χ1v) is 8.03. The molecule has 2 fully saturated rings. The second-order valence-electron chi connectivity index (χ2n) is 7.19. The van der Waals surface area contributed by atoms with E-state index in [1.165, 1.54) is 51.6 Å². The fourth-order valence-corrected chi connectivity index (χ4v) is 4.02. The van der Waals surface area contributed by atoms with E-state index < -0.39 is 0 Å². The van der Waals surface area contributed by atoms with E-state index in [-0.39, 0.29) is 0 Å². The van der Waals surface area contributed by atoms with E-state index in [2.05, 4.69) is 37.9 Å². The minimum Gasteiger partial charge on any atom is -0.311 e. The maximum atomic E-state index is 3.72. The molecule has 18 heavy (non-hydrogen) atoms. The van der Waals surface area contributed by atoms with Crippen molar-refractivity contribution in [3.05, 3.63) is 0 Å². The zero-order valence-corrected chi connectivity index (χ0v) is 12.8. The van der Waals surface area contributed by atoms with Crippen LogP contribution in [0.1, 0.15) is 66.2 Å². The maximum absolute atomic E-state index is 3.72. The van der Waals surface area contributed by atoms with Gasteiger partial charge in [-0.2, -0.15) is 0 Å². The first-order valence-electron chi connectivity index (χ1n) is 8.03. The Morgan fingerprint density at radius 2 is 2.06 bits per heavy atom. The summed E-state index contributed by atoms with van der Waals surface area (Å²) in [6.07, 6.45) is 8.32. The standard InChI is InChI=1S/C16H32N2/c1-5-8-14-12-18(13(2)11-17-14)15-9-6-7-10-16(15,3)4/h13-15,17H,5-12H2,1-4H3. The first-order chi connectivity index (χ1) is 8.54. The lowest BCUT2D eigenvalue weighted by molar-refractivity contribution is -0.000910. The molecule has 2 rings (SSSR count). The van der Waals surface area contributed by atoms with Crippen LogP contribution in [-0.4, -0.2) is 36.1 Å². The van der Waals surface area contributed by atoms with Crippen LogP contribution < -0.4 is 5.32 Å². The number of hydrogen-bond donors (Lipinski definition) is 1. The van der Waals surface area contributed by atoms with E-state index in [0.717, 1.165) is 12.1 Å². The first kappa shape index (κ1) is 14.3. The van der Waals surface area contributed by atoms with E-state index in [9.17, 15) is 0 Å². The van der Waals surface area contributed by atoms with Gasteiger partial charge in [-0.15, -0.1) is 0 Å². The summed E-state index contributed by atoms with van der Waals surface area (Å²) in [5.74, 6) is 0. The van der Waals surface area contributed by atoms with Crippen molar-refractivity contribution in [1.82, 2.24) is 10.2 Å². The summed E-state index contributed by atoms with van der Waals surface area (Å²) in [7, 11) is 0. The molecule has 0 bridgehead atoms. The summed E-state index contributed by atoms with van der Waals surface area (Å²) in [5, 5.41) is 3.72. The second kappa shape index (κ2) is 5.92. The minimum atomic E-state index is 0.514. The highest BCUT2D eigenvalue weighted by atomic mass is 15.3. The highest BCUT2D eigenvalue weighted by Gasteiger charge is 2.39. The molecular formula is C16H32N2. The average molecular weight is 252 g/mol. The summed E-state index contributed by atoms with van der Waals surface area (Å²) >= 11 is 0. The molecule has 1 saturated carbocycles. The van der Waals surface area contributed by atoms with Crippen LogP contribution in [0.15, 0.2) is 0 Å². The molecule has 0 aromatic heterocycles. The van der Waals surface area contributed by atoms with Gasteiger partial charge in [0.05, 0.1) is 0 Å². The van der Waals surface area contributed by atoms with Crippen molar-refractivity contribution in [3.8, 4) is 0 Å². The number of hydrogen-bond acceptors (Lipinski definition) is 2. The highest BCUT2D eigenvalue weighted by molar-refractivity contribution is 4.95. The van der Waals surface area contributed by atoms with Crippen LogP contribution in [-0.2, 0) is 0 Å². The van der Waals surface area contributed by atoms with Crippen LogP contribution in [0.3, 0.4) is 0 Å². The summed E-state index contributed by atoms with van der Waals surface area (Å²) < 4.78 is 0. The molecule has 0 spiro atoms. The number of nitrogens with one attached hydrogen (secondary N) is 1. The largest absolute Gasteiger partial charge is 0.311 e. The molecule has 2 heteroatoms. The van der Waals surface area contributed by atoms with Gasteiger partial charge in [-0.05, 0) is 31.6 Å². The van der Waals surface area contributed by atoms with Gasteiger partial charge in [0, 0.05) is 31.2 Å². The van der Waals surface area contributed by atoms with Crippen LogP contribution in [0.2, 0.25) is 0 Å². The Balaban J connectivity index is 2.04. The molecule has 0 aromatic carbocycles. The third-order valence-corrected chi connectivity index (χ3v) is 5.19. The van der Waals surface area contributed by atoms with Gasteiger partial charge >= 0.3 is 0 Å². The van der Waals surface area contributed by atoms with Crippen LogP contribution in [0.4, 0.5) is 0 Å². The lowest BCUT2D eigenvalue weighted by Gasteiger charge is -2.51. The number of piperazine rings is 1. The molecule has 1 N–H and O–H groups in total. The number of nitrogens with zero attached hydrogens (tertiary/aromatic N) is 1. The molecule has 0 radical (unpaired) electrons. The average Bonchev–Trinajstić information content (AvgIpc) is 2.32. The second-order valence-corrected chi connectivity index (χ2v) is 7.19. The summed E-state index contributed by atoms with van der Waals surface area (Å²) in [6.45, 7) is 12.1. The maximum Gasteiger partial charge on any atom is 0.0196 e. The smallest absolute Gasteiger partial charge is 0.0196 e. The van der Waals surface area contributed by atoms with Crippen LogP contribution in [0.25, 0.3) is 0 Å². The lowest BCUT2D eigenvalue weighted by Crippen LogP contribution is -2.61. The zero-order chi connectivity index (χ0) is 13.2. The van der Waals surface area contributed by atoms with Gasteiger partial charge < -0.3 is 5.32 Å². The van der Waals surface area contributed by atoms with Crippen LogP contribution in [0, 0.1) is 5.41 Å². The third kappa shape index (κ3) is 3.08. The van der Waals surface area contributed by atoms with E-state index in [0.29, 0.717) is 11.5 Å². The van der Waals surface area contributed by atoms with E-state index in [1.54, 1.807) is 0 Å². The lowest BCUT2D eigenvalue weighted by atomic mass is 9.72. The van der Waals surface area contributed by atoms with Gasteiger partial charge in [0.1, 0.15) is 0 Å². The Morgan fingerprint density at radius 1 is 1.28 bits per heavy atom. The van der Waals surface area contributed by atoms with Crippen molar-refractivity contribution in [2.24, 2.45) is 5.41 Å².